The van der Waals surface area contributed by atoms with Gasteiger partial charge in [-0.15, -0.1) is 12.4 Å². The minimum absolute atomic E-state index is 0. The lowest BCUT2D eigenvalue weighted by Gasteiger charge is -1.89. The van der Waals surface area contributed by atoms with E-state index in [4.69, 9.17) is 5.11 Å². The van der Waals surface area contributed by atoms with E-state index >= 15 is 0 Å². The average molecular weight is 189 g/mol. The summed E-state index contributed by atoms with van der Waals surface area (Å²) in [7, 11) is 0. The van der Waals surface area contributed by atoms with Crippen LogP contribution >= 0.6 is 12.4 Å². The van der Waals surface area contributed by atoms with Crippen molar-refractivity contribution in [1.29, 1.82) is 0 Å². The second kappa shape index (κ2) is 3.15. The highest BCUT2D eigenvalue weighted by Gasteiger charge is 2.44. The zero-order chi connectivity index (χ0) is 7.84. The zero-order valence-electron chi connectivity index (χ0n) is 6.23. The highest BCUT2D eigenvalue weighted by atomic mass is 35.5. The first-order valence-corrected chi connectivity index (χ1v) is 3.50. The molecule has 0 aliphatic heterocycles. The molecule has 0 radical (unpaired) electrons. The molecule has 2 N–H and O–H groups in total. The number of nitrogens with one attached hydrogen (secondary N) is 1. The highest BCUT2D eigenvalue weighted by molar-refractivity contribution is 5.85. The third kappa shape index (κ3) is 1.43. The molecule has 1 aliphatic rings. The van der Waals surface area contributed by atoms with Crippen LogP contribution in [0.1, 0.15) is 18.0 Å². The van der Waals surface area contributed by atoms with Crippen LogP contribution in [0.25, 0.3) is 0 Å². The monoisotopic (exact) mass is 188 g/mol. The molecule has 0 saturated heterocycles. The molecule has 1 fully saturated rings. The predicted octanol–water partition coefficient (Wildman–Crippen LogP) is 1.02. The quantitative estimate of drug-likeness (QED) is 0.728. The van der Waals surface area contributed by atoms with Crippen LogP contribution in [0.3, 0.4) is 0 Å². The number of imidazole rings is 1. The second-order valence-electron chi connectivity index (χ2n) is 2.79. The third-order valence-corrected chi connectivity index (χ3v) is 2.03. The van der Waals surface area contributed by atoms with Crippen molar-refractivity contribution >= 4 is 18.4 Å². The van der Waals surface area contributed by atoms with E-state index < -0.39 is 5.97 Å². The summed E-state index contributed by atoms with van der Waals surface area (Å²) < 4.78 is 0. The van der Waals surface area contributed by atoms with Gasteiger partial charge in [-0.3, -0.25) is 4.79 Å². The Bertz CT molecular complexity index is 273. The largest absolute Gasteiger partial charge is 0.481 e. The molecule has 4 nitrogen and oxygen atoms in total. The molecule has 1 heterocycles. The summed E-state index contributed by atoms with van der Waals surface area (Å²) in [6, 6.07) is 0. The first kappa shape index (κ1) is 9.06. The van der Waals surface area contributed by atoms with E-state index in [1.54, 1.807) is 12.5 Å². The van der Waals surface area contributed by atoms with E-state index in [0.717, 1.165) is 12.1 Å². The van der Waals surface area contributed by atoms with Crippen LogP contribution < -0.4 is 0 Å². The lowest BCUT2D eigenvalue weighted by atomic mass is 10.2. The summed E-state index contributed by atoms with van der Waals surface area (Å²) >= 11 is 0. The first-order valence-electron chi connectivity index (χ1n) is 3.50. The number of nitrogens with zero attached hydrogens (tertiary/aromatic N) is 1. The topological polar surface area (TPSA) is 66.0 Å². The maximum absolute atomic E-state index is 10.4. The van der Waals surface area contributed by atoms with Gasteiger partial charge in [-0.25, -0.2) is 4.98 Å². The van der Waals surface area contributed by atoms with Gasteiger partial charge in [-0.1, -0.05) is 0 Å². The molecule has 0 spiro atoms. The Morgan fingerprint density at radius 3 is 2.92 bits per heavy atom. The van der Waals surface area contributed by atoms with Crippen LogP contribution in [0, 0.1) is 5.92 Å². The summed E-state index contributed by atoms with van der Waals surface area (Å²) in [6.45, 7) is 0. The van der Waals surface area contributed by atoms with Gasteiger partial charge >= 0.3 is 5.97 Å². The standard InChI is InChI=1S/C7H8N2O2.ClH/c10-7(11)5-1-4(5)6-2-8-3-9-6;/h2-5H,1H2,(H,8,9)(H,10,11);1H/t4-,5-;/m1./s1. The molecule has 5 heteroatoms. The summed E-state index contributed by atoms with van der Waals surface area (Å²) in [5.41, 5.74) is 0.942. The number of carboxylic acid groups (broad SMARTS) is 1. The maximum atomic E-state index is 10.4. The first-order chi connectivity index (χ1) is 5.29. The molecule has 2 atom stereocenters. The smallest absolute Gasteiger partial charge is 0.307 e. The van der Waals surface area contributed by atoms with E-state index in [0.29, 0.717) is 0 Å². The van der Waals surface area contributed by atoms with E-state index in [1.807, 2.05) is 0 Å². The van der Waals surface area contributed by atoms with Crippen molar-refractivity contribution in [1.82, 2.24) is 9.97 Å². The summed E-state index contributed by atoms with van der Waals surface area (Å²) in [5.74, 6) is -0.713. The Morgan fingerprint density at radius 2 is 2.50 bits per heavy atom. The molecule has 2 rings (SSSR count). The summed E-state index contributed by atoms with van der Waals surface area (Å²) in [5, 5.41) is 8.59. The van der Waals surface area contributed by atoms with E-state index in [9.17, 15) is 4.79 Å². The Balaban J connectivity index is 0.000000720. The van der Waals surface area contributed by atoms with Crippen molar-refractivity contribution in [3.05, 3.63) is 18.2 Å². The van der Waals surface area contributed by atoms with Crippen LogP contribution in [0.5, 0.6) is 0 Å². The number of carbonyl (C=O) groups is 1. The molecule has 1 saturated carbocycles. The summed E-state index contributed by atoms with van der Waals surface area (Å²) in [6.07, 6.45) is 4.01. The van der Waals surface area contributed by atoms with E-state index in [2.05, 4.69) is 9.97 Å². The predicted molar refractivity (Wildman–Crippen MR) is 44.3 cm³/mol. The third-order valence-electron chi connectivity index (χ3n) is 2.03. The van der Waals surface area contributed by atoms with Gasteiger partial charge in [0, 0.05) is 17.8 Å². The van der Waals surface area contributed by atoms with Gasteiger partial charge in [0.1, 0.15) is 0 Å². The molecule has 1 aromatic rings. The number of hydrogen-bond donors (Lipinski definition) is 2. The molecule has 12 heavy (non-hydrogen) atoms. The molecule has 1 aromatic heterocycles. The molecular formula is C7H9ClN2O2. The maximum Gasteiger partial charge on any atom is 0.307 e. The van der Waals surface area contributed by atoms with Crippen molar-refractivity contribution < 1.29 is 9.90 Å². The molecule has 66 valence electrons. The number of aromatic nitrogens is 2. The molecule has 1 aliphatic carbocycles. The normalized spacial score (nSPS) is 26.0. The lowest BCUT2D eigenvalue weighted by molar-refractivity contribution is -0.138. The fourth-order valence-corrected chi connectivity index (χ4v) is 1.28. The van der Waals surface area contributed by atoms with Gasteiger partial charge in [0.25, 0.3) is 0 Å². The Hall–Kier alpha value is -1.03. The van der Waals surface area contributed by atoms with Crippen LogP contribution in [0.15, 0.2) is 12.5 Å². The average Bonchev–Trinajstić information content (AvgIpc) is 2.60. The number of hydrogen-bond acceptors (Lipinski definition) is 2. The number of rotatable bonds is 2. The molecule has 0 bridgehead atoms. The number of H-pyrrole nitrogens is 1. The molecule has 0 unspecified atom stereocenters. The number of aromatic amines is 1. The molecule has 0 aromatic carbocycles. The van der Waals surface area contributed by atoms with Crippen LogP contribution in [0.4, 0.5) is 0 Å². The van der Waals surface area contributed by atoms with Gasteiger partial charge in [0.05, 0.1) is 12.2 Å². The SMILES string of the molecule is Cl.O=C(O)[C@@H]1C[C@H]1c1cnc[nH]1. The second-order valence-corrected chi connectivity index (χ2v) is 2.79. The van der Waals surface area contributed by atoms with Crippen molar-refractivity contribution in [2.45, 2.75) is 12.3 Å². The van der Waals surface area contributed by atoms with Crippen molar-refractivity contribution in [2.24, 2.45) is 5.92 Å². The number of carboxylic acids is 1. The molecule has 0 amide bonds. The van der Waals surface area contributed by atoms with Gasteiger partial charge in [0.15, 0.2) is 0 Å². The van der Waals surface area contributed by atoms with Gasteiger partial charge in [0.2, 0.25) is 0 Å². The minimum Gasteiger partial charge on any atom is -0.481 e. The zero-order valence-corrected chi connectivity index (χ0v) is 7.04. The summed E-state index contributed by atoms with van der Waals surface area (Å²) in [4.78, 5) is 17.2. The lowest BCUT2D eigenvalue weighted by Crippen LogP contribution is -1.98. The van der Waals surface area contributed by atoms with Crippen LogP contribution in [-0.4, -0.2) is 21.0 Å². The Labute approximate surface area is 75.4 Å². The van der Waals surface area contributed by atoms with E-state index in [1.165, 1.54) is 0 Å². The van der Waals surface area contributed by atoms with Crippen LogP contribution in [0.2, 0.25) is 0 Å². The fourth-order valence-electron chi connectivity index (χ4n) is 1.28. The van der Waals surface area contributed by atoms with Crippen molar-refractivity contribution in [3.8, 4) is 0 Å². The van der Waals surface area contributed by atoms with Crippen molar-refractivity contribution in [3.63, 3.8) is 0 Å². The minimum atomic E-state index is -0.704. The number of halogens is 1. The Kier molecular flexibility index (Phi) is 2.38. The van der Waals surface area contributed by atoms with Gasteiger partial charge < -0.3 is 10.1 Å². The fraction of sp³-hybridized carbons (Fsp3) is 0.429. The van der Waals surface area contributed by atoms with Crippen LogP contribution in [-0.2, 0) is 4.79 Å². The van der Waals surface area contributed by atoms with E-state index in [-0.39, 0.29) is 24.2 Å². The highest BCUT2D eigenvalue weighted by Crippen LogP contribution is 2.46. The number of aliphatic carboxylic acids is 1. The van der Waals surface area contributed by atoms with Crippen molar-refractivity contribution in [2.75, 3.05) is 0 Å². The molecular weight excluding hydrogens is 180 g/mol. The Morgan fingerprint density at radius 1 is 1.75 bits per heavy atom. The van der Waals surface area contributed by atoms with Gasteiger partial charge in [-0.2, -0.15) is 0 Å². The van der Waals surface area contributed by atoms with Gasteiger partial charge in [-0.05, 0) is 6.42 Å².